The summed E-state index contributed by atoms with van der Waals surface area (Å²) in [4.78, 5) is 12.2. The van der Waals surface area contributed by atoms with Crippen LogP contribution in [0.15, 0.2) is 60.9 Å². The molecule has 0 aliphatic carbocycles. The van der Waals surface area contributed by atoms with E-state index in [1.807, 2.05) is 36.4 Å². The first-order valence-electron chi connectivity index (χ1n) is 7.53. The zero-order valence-electron chi connectivity index (χ0n) is 13.0. The lowest BCUT2D eigenvalue weighted by Crippen LogP contribution is -1.88. The predicted molar refractivity (Wildman–Crippen MR) is 93.0 cm³/mol. The highest BCUT2D eigenvalue weighted by Crippen LogP contribution is 2.38. The van der Waals surface area contributed by atoms with Gasteiger partial charge in [0.15, 0.2) is 0 Å². The molecule has 4 aromatic rings. The number of benzene rings is 1. The van der Waals surface area contributed by atoms with E-state index in [0.717, 1.165) is 33.4 Å². The van der Waals surface area contributed by atoms with Crippen molar-refractivity contribution >= 4 is 11.0 Å². The van der Waals surface area contributed by atoms with Crippen LogP contribution in [-0.2, 0) is 0 Å². The highest BCUT2D eigenvalue weighted by molar-refractivity contribution is 6.01. The lowest BCUT2D eigenvalue weighted by molar-refractivity contribution is 0.399. The van der Waals surface area contributed by atoms with Gasteiger partial charge in [0.05, 0.1) is 18.3 Å². The van der Waals surface area contributed by atoms with Crippen molar-refractivity contribution in [1.29, 1.82) is 0 Å². The minimum Gasteiger partial charge on any atom is -0.508 e. The molecule has 2 N–H and O–H groups in total. The van der Waals surface area contributed by atoms with Crippen LogP contribution in [0, 0.1) is 0 Å². The van der Waals surface area contributed by atoms with Gasteiger partial charge in [0.2, 0.25) is 5.88 Å². The molecule has 0 saturated heterocycles. The third-order valence-electron chi connectivity index (χ3n) is 3.91. The maximum absolute atomic E-state index is 9.83. The number of aromatic amines is 1. The summed E-state index contributed by atoms with van der Waals surface area (Å²) in [6.07, 6.45) is 3.54. The van der Waals surface area contributed by atoms with Crippen molar-refractivity contribution < 1.29 is 9.84 Å². The molecule has 0 unspecified atom stereocenters. The molecule has 118 valence electrons. The number of aromatic hydroxyl groups is 1. The highest BCUT2D eigenvalue weighted by Gasteiger charge is 2.17. The maximum Gasteiger partial charge on any atom is 0.213 e. The Bertz CT molecular complexity index is 1010. The molecule has 0 bridgehead atoms. The summed E-state index contributed by atoms with van der Waals surface area (Å²) in [7, 11) is 1.60. The second-order valence-electron chi connectivity index (χ2n) is 5.42. The third-order valence-corrected chi connectivity index (χ3v) is 3.91. The number of hydrogen-bond donors (Lipinski definition) is 2. The Kier molecular flexibility index (Phi) is 3.39. The molecule has 0 spiro atoms. The van der Waals surface area contributed by atoms with Gasteiger partial charge >= 0.3 is 0 Å². The van der Waals surface area contributed by atoms with E-state index in [9.17, 15) is 5.11 Å². The van der Waals surface area contributed by atoms with Gasteiger partial charge in [0, 0.05) is 35.2 Å². The van der Waals surface area contributed by atoms with Crippen LogP contribution in [-0.4, -0.2) is 27.2 Å². The number of methoxy groups -OCH3 is 1. The van der Waals surface area contributed by atoms with Crippen LogP contribution in [0.25, 0.3) is 33.4 Å². The summed E-state index contributed by atoms with van der Waals surface area (Å²) in [6, 6.07) is 14.8. The fourth-order valence-electron chi connectivity index (χ4n) is 2.83. The van der Waals surface area contributed by atoms with Gasteiger partial charge < -0.3 is 14.8 Å². The first kappa shape index (κ1) is 14.3. The van der Waals surface area contributed by atoms with E-state index in [4.69, 9.17) is 4.74 Å². The summed E-state index contributed by atoms with van der Waals surface area (Å²) >= 11 is 0. The topological polar surface area (TPSA) is 71.0 Å². The Labute approximate surface area is 138 Å². The van der Waals surface area contributed by atoms with Gasteiger partial charge in [-0.15, -0.1) is 0 Å². The number of phenolic OH excluding ortho intramolecular Hbond substituents is 1. The van der Waals surface area contributed by atoms with E-state index < -0.39 is 0 Å². The Balaban J connectivity index is 2.06. The molecule has 0 atom stereocenters. The van der Waals surface area contributed by atoms with Crippen molar-refractivity contribution in [3.05, 3.63) is 60.9 Å². The number of ether oxygens (including phenoxy) is 1. The van der Waals surface area contributed by atoms with Crippen molar-refractivity contribution in [1.82, 2.24) is 15.0 Å². The van der Waals surface area contributed by atoms with Crippen molar-refractivity contribution in [2.75, 3.05) is 7.11 Å². The van der Waals surface area contributed by atoms with Gasteiger partial charge in [0.1, 0.15) is 11.3 Å². The summed E-state index contributed by atoms with van der Waals surface area (Å²) < 4.78 is 5.27. The second-order valence-corrected chi connectivity index (χ2v) is 5.42. The largest absolute Gasteiger partial charge is 0.508 e. The SMILES string of the molecule is COc1ccc2[nH]c(-c3cccc(O)c3)c(-c3cccnc3)c2n1. The quantitative estimate of drug-likeness (QED) is 0.599. The molecule has 0 aliphatic heterocycles. The van der Waals surface area contributed by atoms with E-state index >= 15 is 0 Å². The summed E-state index contributed by atoms with van der Waals surface area (Å²) in [5.41, 5.74) is 5.35. The van der Waals surface area contributed by atoms with Crippen LogP contribution < -0.4 is 4.74 Å². The summed E-state index contributed by atoms with van der Waals surface area (Å²) in [5.74, 6) is 0.767. The number of fused-ring (bicyclic) bond motifs is 1. The molecule has 5 heteroatoms. The van der Waals surface area contributed by atoms with E-state index in [0.29, 0.717) is 5.88 Å². The monoisotopic (exact) mass is 317 g/mol. The molecular formula is C19H15N3O2. The molecule has 4 rings (SSSR count). The molecule has 24 heavy (non-hydrogen) atoms. The van der Waals surface area contributed by atoms with Crippen molar-refractivity contribution in [2.24, 2.45) is 0 Å². The number of rotatable bonds is 3. The van der Waals surface area contributed by atoms with E-state index in [-0.39, 0.29) is 5.75 Å². The molecule has 5 nitrogen and oxygen atoms in total. The van der Waals surface area contributed by atoms with Crippen LogP contribution in [0.5, 0.6) is 11.6 Å². The first-order valence-corrected chi connectivity index (χ1v) is 7.53. The van der Waals surface area contributed by atoms with Gasteiger partial charge in [-0.3, -0.25) is 4.98 Å². The molecule has 3 heterocycles. The number of H-pyrrole nitrogens is 1. The van der Waals surface area contributed by atoms with E-state index in [2.05, 4.69) is 15.0 Å². The fourth-order valence-corrected chi connectivity index (χ4v) is 2.83. The maximum atomic E-state index is 9.83. The average molecular weight is 317 g/mol. The van der Waals surface area contributed by atoms with Gasteiger partial charge in [-0.1, -0.05) is 18.2 Å². The molecule has 0 aliphatic rings. The summed E-state index contributed by atoms with van der Waals surface area (Å²) in [5, 5.41) is 9.83. The minimum atomic E-state index is 0.217. The molecular weight excluding hydrogens is 302 g/mol. The van der Waals surface area contributed by atoms with Crippen LogP contribution in [0.2, 0.25) is 0 Å². The van der Waals surface area contributed by atoms with Gasteiger partial charge in [-0.25, -0.2) is 4.98 Å². The Morgan fingerprint density at radius 2 is 1.92 bits per heavy atom. The van der Waals surface area contributed by atoms with E-state index in [1.165, 1.54) is 0 Å². The van der Waals surface area contributed by atoms with Crippen molar-refractivity contribution in [3.8, 4) is 34.0 Å². The Hall–Kier alpha value is -3.34. The Morgan fingerprint density at radius 3 is 2.67 bits per heavy atom. The predicted octanol–water partition coefficient (Wildman–Crippen LogP) is 4.01. The Morgan fingerprint density at radius 1 is 1.04 bits per heavy atom. The van der Waals surface area contributed by atoms with Crippen LogP contribution in [0.3, 0.4) is 0 Å². The molecule has 0 radical (unpaired) electrons. The molecule has 0 fully saturated rings. The number of phenols is 1. The lowest BCUT2D eigenvalue weighted by Gasteiger charge is -2.05. The number of pyridine rings is 2. The number of nitrogens with one attached hydrogen (secondary N) is 1. The molecule has 3 aromatic heterocycles. The standard InChI is InChI=1S/C19H15N3O2/c1-24-16-8-7-15-19(22-16)17(13-5-3-9-20-11-13)18(21-15)12-4-2-6-14(23)10-12/h2-11,21,23H,1H3. The van der Waals surface area contributed by atoms with E-state index in [1.54, 1.807) is 31.6 Å². The molecule has 0 amide bonds. The fraction of sp³-hybridized carbons (Fsp3) is 0.0526. The van der Waals surface area contributed by atoms with Gasteiger partial charge in [-0.05, 0) is 24.3 Å². The molecule has 0 saturated carbocycles. The first-order chi connectivity index (χ1) is 11.8. The number of hydrogen-bond acceptors (Lipinski definition) is 4. The van der Waals surface area contributed by atoms with Crippen molar-refractivity contribution in [3.63, 3.8) is 0 Å². The van der Waals surface area contributed by atoms with Crippen molar-refractivity contribution in [2.45, 2.75) is 0 Å². The third kappa shape index (κ3) is 2.36. The lowest BCUT2D eigenvalue weighted by atomic mass is 10.0. The highest BCUT2D eigenvalue weighted by atomic mass is 16.5. The van der Waals surface area contributed by atoms with Crippen LogP contribution in [0.4, 0.5) is 0 Å². The smallest absolute Gasteiger partial charge is 0.213 e. The second kappa shape index (κ2) is 5.70. The normalized spacial score (nSPS) is 10.9. The van der Waals surface area contributed by atoms with Crippen LogP contribution >= 0.6 is 0 Å². The number of aromatic nitrogens is 3. The average Bonchev–Trinajstić information content (AvgIpc) is 3.01. The number of nitrogens with zero attached hydrogens (tertiary/aromatic N) is 2. The summed E-state index contributed by atoms with van der Waals surface area (Å²) in [6.45, 7) is 0. The molecule has 1 aromatic carbocycles. The zero-order chi connectivity index (χ0) is 16.5. The van der Waals surface area contributed by atoms with Crippen LogP contribution in [0.1, 0.15) is 0 Å². The van der Waals surface area contributed by atoms with Gasteiger partial charge in [-0.2, -0.15) is 0 Å². The minimum absolute atomic E-state index is 0.217. The zero-order valence-corrected chi connectivity index (χ0v) is 13.0. The van der Waals surface area contributed by atoms with Gasteiger partial charge in [0.25, 0.3) is 0 Å².